The number of aromatic nitrogens is 2. The first-order chi connectivity index (χ1) is 19.5. The molecule has 226 valence electrons. The lowest BCUT2D eigenvalue weighted by molar-refractivity contribution is -0.0612. The summed E-state index contributed by atoms with van der Waals surface area (Å²) in [6, 6.07) is 0. The van der Waals surface area contributed by atoms with Gasteiger partial charge in [-0.3, -0.25) is 4.57 Å². The molecule has 1 saturated heterocycles. The normalized spacial score (nSPS) is 18.0. The van der Waals surface area contributed by atoms with E-state index in [0.29, 0.717) is 18.1 Å². The molecular formula is C23H34N8O8S2. The third kappa shape index (κ3) is 12.8. The number of anilines is 1. The number of nitrogen functional groups attached to an aromatic ring is 1. The second-order valence-electron chi connectivity index (χ2n) is 9.21. The summed E-state index contributed by atoms with van der Waals surface area (Å²) in [4.78, 5) is 42.2. The van der Waals surface area contributed by atoms with Crippen LogP contribution in [-0.4, -0.2) is 89.2 Å². The predicted octanol–water partition coefficient (Wildman–Crippen LogP) is 1.74. The standard InChI is InChI=1S/C23H34N8O8S2/c1-23(2,3)39-22(35)27-7-9-40-41-10-8-36-21(34)26-6-4-5-15-12-31(20(33)29-19(15)24)18-11-16(17(13-32)38-18)37-14-28-30-25/h12,16-18,32H,6-11,13-14H2,1-3H3,(H,26,34)(H,27,35)(H2,24,29,33)/t16-,17-,18-/m1/s1. The summed E-state index contributed by atoms with van der Waals surface area (Å²) >= 11 is 0. The van der Waals surface area contributed by atoms with Crippen LogP contribution >= 0.6 is 21.6 Å². The maximum absolute atomic E-state index is 12.4. The first kappa shape index (κ1) is 33.9. The van der Waals surface area contributed by atoms with Gasteiger partial charge >= 0.3 is 17.9 Å². The highest BCUT2D eigenvalue weighted by atomic mass is 33.1. The van der Waals surface area contributed by atoms with Crippen LogP contribution in [0.4, 0.5) is 15.4 Å². The fourth-order valence-corrected chi connectivity index (χ4v) is 4.99. The molecule has 3 atom stereocenters. The highest BCUT2D eigenvalue weighted by Crippen LogP contribution is 2.30. The van der Waals surface area contributed by atoms with Crippen molar-refractivity contribution in [3.63, 3.8) is 0 Å². The Hall–Kier alpha value is -3.33. The molecule has 1 fully saturated rings. The quantitative estimate of drug-likeness (QED) is 0.0622. The topological polar surface area (TPSA) is 225 Å². The van der Waals surface area contributed by atoms with Crippen LogP contribution in [0.3, 0.4) is 0 Å². The molecule has 0 spiro atoms. The van der Waals surface area contributed by atoms with Gasteiger partial charge in [-0.2, -0.15) is 4.98 Å². The monoisotopic (exact) mass is 614 g/mol. The lowest BCUT2D eigenvalue weighted by Gasteiger charge is -2.19. The van der Waals surface area contributed by atoms with Crippen LogP contribution in [-0.2, 0) is 18.9 Å². The second kappa shape index (κ2) is 17.5. The molecule has 1 aliphatic rings. The molecule has 18 heteroatoms. The Bertz CT molecular complexity index is 1190. The highest BCUT2D eigenvalue weighted by molar-refractivity contribution is 8.76. The van der Waals surface area contributed by atoms with Gasteiger partial charge in [0.05, 0.1) is 24.8 Å². The molecule has 0 aromatic carbocycles. The zero-order valence-corrected chi connectivity index (χ0v) is 24.5. The number of aliphatic hydroxyl groups excluding tert-OH is 1. The fraction of sp³-hybridized carbons (Fsp3) is 0.652. The molecule has 2 rings (SSSR count). The third-order valence-electron chi connectivity index (χ3n) is 4.94. The van der Waals surface area contributed by atoms with E-state index in [9.17, 15) is 19.5 Å². The average molecular weight is 615 g/mol. The van der Waals surface area contributed by atoms with E-state index in [0.717, 1.165) is 0 Å². The average Bonchev–Trinajstić information content (AvgIpc) is 3.31. The highest BCUT2D eigenvalue weighted by Gasteiger charge is 2.37. The van der Waals surface area contributed by atoms with Gasteiger partial charge in [0.1, 0.15) is 37.1 Å². The minimum atomic E-state index is -0.810. The Morgan fingerprint density at radius 2 is 2.10 bits per heavy atom. The summed E-state index contributed by atoms with van der Waals surface area (Å²) in [5.41, 5.74) is 13.2. The minimum absolute atomic E-state index is 0.0442. The zero-order valence-electron chi connectivity index (χ0n) is 22.9. The van der Waals surface area contributed by atoms with Crippen molar-refractivity contribution in [2.45, 2.75) is 51.2 Å². The molecule has 5 N–H and O–H groups in total. The molecular weight excluding hydrogens is 580 g/mol. The number of nitrogens with zero attached hydrogens (tertiary/aromatic N) is 5. The summed E-state index contributed by atoms with van der Waals surface area (Å²) in [5, 5.41) is 18.0. The molecule has 16 nitrogen and oxygen atoms in total. The molecule has 2 amide bonds. The maximum atomic E-state index is 12.4. The van der Waals surface area contributed by atoms with Gasteiger partial charge in [0.2, 0.25) is 0 Å². The van der Waals surface area contributed by atoms with Gasteiger partial charge in [0.15, 0.2) is 0 Å². The van der Waals surface area contributed by atoms with Gasteiger partial charge in [0, 0.05) is 35.6 Å². The van der Waals surface area contributed by atoms with E-state index in [2.05, 4.69) is 37.5 Å². The summed E-state index contributed by atoms with van der Waals surface area (Å²) in [5.74, 6) is 6.59. The van der Waals surface area contributed by atoms with Crippen molar-refractivity contribution in [3.8, 4) is 11.8 Å². The molecule has 0 unspecified atom stereocenters. The summed E-state index contributed by atoms with van der Waals surface area (Å²) < 4.78 is 22.5. The second-order valence-corrected chi connectivity index (χ2v) is 11.9. The Morgan fingerprint density at radius 3 is 2.80 bits per heavy atom. The number of nitrogens with two attached hydrogens (primary N) is 1. The van der Waals surface area contributed by atoms with Crippen molar-refractivity contribution in [2.75, 3.05) is 50.3 Å². The van der Waals surface area contributed by atoms with E-state index >= 15 is 0 Å². The molecule has 0 aliphatic carbocycles. The van der Waals surface area contributed by atoms with Crippen LogP contribution in [0.2, 0.25) is 0 Å². The number of hydrogen-bond donors (Lipinski definition) is 4. The Kier molecular flexibility index (Phi) is 14.4. The lowest BCUT2D eigenvalue weighted by Crippen LogP contribution is -2.33. The van der Waals surface area contributed by atoms with Crippen LogP contribution in [0.15, 0.2) is 16.1 Å². The van der Waals surface area contributed by atoms with E-state index in [1.807, 2.05) is 0 Å². The fourth-order valence-electron chi connectivity index (χ4n) is 3.25. The number of alkyl carbamates (subject to hydrolysis) is 2. The van der Waals surface area contributed by atoms with Crippen molar-refractivity contribution < 1.29 is 33.6 Å². The van der Waals surface area contributed by atoms with Gasteiger partial charge in [-0.25, -0.2) is 14.4 Å². The minimum Gasteiger partial charge on any atom is -0.449 e. The van der Waals surface area contributed by atoms with Crippen LogP contribution in [0, 0.1) is 11.8 Å². The third-order valence-corrected chi connectivity index (χ3v) is 7.31. The SMILES string of the molecule is CC(C)(C)OC(=O)NCCSSCCOC(=O)NCC#Cc1cn([C@H]2C[C@@H](OCN=[N+]=[N-])[C@@H](CO)O2)c(=O)nc1N. The first-order valence-electron chi connectivity index (χ1n) is 12.4. The number of carbonyl (C=O) groups excluding carboxylic acids is 2. The van der Waals surface area contributed by atoms with Crippen molar-refractivity contribution in [1.82, 2.24) is 20.2 Å². The number of aliphatic hydroxyl groups is 1. The summed E-state index contributed by atoms with van der Waals surface area (Å²) in [6.45, 7) is 5.36. The van der Waals surface area contributed by atoms with E-state index in [4.69, 9.17) is 30.2 Å². The number of hydrogen-bond acceptors (Lipinski definition) is 13. The molecule has 0 saturated carbocycles. The van der Waals surface area contributed by atoms with Crippen LogP contribution in [0.25, 0.3) is 10.4 Å². The molecule has 1 aromatic heterocycles. The van der Waals surface area contributed by atoms with Crippen molar-refractivity contribution >= 4 is 39.6 Å². The van der Waals surface area contributed by atoms with E-state index in [1.165, 1.54) is 32.4 Å². The number of amides is 2. The Morgan fingerprint density at radius 1 is 1.34 bits per heavy atom. The van der Waals surface area contributed by atoms with Gasteiger partial charge in [0.25, 0.3) is 0 Å². The molecule has 2 heterocycles. The van der Waals surface area contributed by atoms with Gasteiger partial charge in [-0.05, 0) is 26.3 Å². The Labute approximate surface area is 244 Å². The van der Waals surface area contributed by atoms with Crippen LogP contribution < -0.4 is 22.1 Å². The number of ether oxygens (including phenoxy) is 4. The number of carbonyl (C=O) groups is 2. The maximum Gasteiger partial charge on any atom is 0.407 e. The van der Waals surface area contributed by atoms with E-state index < -0.39 is 41.9 Å². The molecule has 41 heavy (non-hydrogen) atoms. The number of azide groups is 1. The molecule has 0 bridgehead atoms. The number of nitrogens with one attached hydrogen (secondary N) is 2. The molecule has 0 radical (unpaired) electrons. The zero-order chi connectivity index (χ0) is 30.3. The largest absolute Gasteiger partial charge is 0.449 e. The lowest BCUT2D eigenvalue weighted by atomic mass is 10.2. The van der Waals surface area contributed by atoms with Crippen molar-refractivity contribution in [2.24, 2.45) is 5.11 Å². The summed E-state index contributed by atoms with van der Waals surface area (Å²) in [6.07, 6.45) is -1.69. The number of rotatable bonds is 13. The molecule has 1 aromatic rings. The van der Waals surface area contributed by atoms with Gasteiger partial charge in [-0.15, -0.1) is 0 Å². The van der Waals surface area contributed by atoms with Crippen LogP contribution in [0.5, 0.6) is 0 Å². The van der Waals surface area contributed by atoms with Crippen molar-refractivity contribution in [3.05, 3.63) is 32.7 Å². The van der Waals surface area contributed by atoms with Gasteiger partial charge < -0.3 is 40.4 Å². The van der Waals surface area contributed by atoms with E-state index in [1.54, 1.807) is 20.8 Å². The van der Waals surface area contributed by atoms with Crippen LogP contribution in [0.1, 0.15) is 39.0 Å². The predicted molar refractivity (Wildman–Crippen MR) is 153 cm³/mol. The summed E-state index contributed by atoms with van der Waals surface area (Å²) in [7, 11) is 3.03. The first-order valence-corrected chi connectivity index (χ1v) is 14.9. The molecule has 1 aliphatic heterocycles. The van der Waals surface area contributed by atoms with Crippen molar-refractivity contribution in [1.29, 1.82) is 0 Å². The Balaban J connectivity index is 1.73. The smallest absolute Gasteiger partial charge is 0.407 e. The van der Waals surface area contributed by atoms with E-state index in [-0.39, 0.29) is 44.3 Å². The van der Waals surface area contributed by atoms with Gasteiger partial charge in [-0.1, -0.05) is 38.5 Å².